The number of piperidine rings is 1. The van der Waals surface area contributed by atoms with Crippen molar-refractivity contribution in [1.29, 1.82) is 5.26 Å². The van der Waals surface area contributed by atoms with Gasteiger partial charge in [0.1, 0.15) is 0 Å². The highest BCUT2D eigenvalue weighted by Crippen LogP contribution is 2.30. The summed E-state index contributed by atoms with van der Waals surface area (Å²) >= 11 is 0. The van der Waals surface area contributed by atoms with E-state index in [1.807, 2.05) is 0 Å². The molecule has 3 nitrogen and oxygen atoms in total. The molecule has 0 aliphatic carbocycles. The van der Waals surface area contributed by atoms with E-state index in [0.29, 0.717) is 0 Å². The lowest BCUT2D eigenvalue weighted by atomic mass is 9.90. The van der Waals surface area contributed by atoms with Crippen molar-refractivity contribution < 1.29 is 0 Å². The number of nitrogens with one attached hydrogen (secondary N) is 1. The third-order valence-corrected chi connectivity index (χ3v) is 4.80. The van der Waals surface area contributed by atoms with Crippen LogP contribution in [0.25, 0.3) is 0 Å². The van der Waals surface area contributed by atoms with E-state index in [1.165, 1.54) is 38.6 Å². The second-order valence-corrected chi connectivity index (χ2v) is 7.04. The van der Waals surface area contributed by atoms with Gasteiger partial charge in [0.05, 0.1) is 11.5 Å². The Hall–Kier alpha value is -0.590. The molecule has 19 heavy (non-hydrogen) atoms. The molecule has 2 aliphatic heterocycles. The predicted octanol–water partition coefficient (Wildman–Crippen LogP) is 2.92. The van der Waals surface area contributed by atoms with Gasteiger partial charge in [0.2, 0.25) is 0 Å². The third kappa shape index (κ3) is 3.94. The highest BCUT2D eigenvalue weighted by atomic mass is 15.2. The number of rotatable bonds is 6. The van der Waals surface area contributed by atoms with Gasteiger partial charge in [-0.05, 0) is 65.5 Å². The van der Waals surface area contributed by atoms with Crippen molar-refractivity contribution in [3.8, 4) is 6.07 Å². The van der Waals surface area contributed by atoms with Gasteiger partial charge in [0.25, 0.3) is 0 Å². The highest BCUT2D eigenvalue weighted by molar-refractivity contribution is 4.97. The Balaban J connectivity index is 1.90. The molecular formula is C16H29N3. The molecule has 2 saturated heterocycles. The van der Waals surface area contributed by atoms with E-state index in [0.717, 1.165) is 31.1 Å². The summed E-state index contributed by atoms with van der Waals surface area (Å²) in [6.07, 6.45) is 7.55. The van der Waals surface area contributed by atoms with Crippen molar-refractivity contribution in [3.63, 3.8) is 0 Å². The predicted molar refractivity (Wildman–Crippen MR) is 78.8 cm³/mol. The summed E-state index contributed by atoms with van der Waals surface area (Å²) in [5.74, 6) is 0. The third-order valence-electron chi connectivity index (χ3n) is 4.80. The number of nitriles is 1. The number of hydrogen-bond acceptors (Lipinski definition) is 3. The van der Waals surface area contributed by atoms with Gasteiger partial charge in [-0.3, -0.25) is 0 Å². The van der Waals surface area contributed by atoms with E-state index in [-0.39, 0.29) is 5.41 Å². The van der Waals surface area contributed by atoms with E-state index in [4.69, 9.17) is 5.26 Å². The maximum atomic E-state index is 9.16. The number of nitrogens with zero attached hydrogens (tertiary/aromatic N) is 2. The molecule has 0 aromatic carbocycles. The molecule has 2 bridgehead atoms. The summed E-state index contributed by atoms with van der Waals surface area (Å²) < 4.78 is 0. The van der Waals surface area contributed by atoms with Crippen LogP contribution in [-0.2, 0) is 0 Å². The molecule has 2 aliphatic rings. The lowest BCUT2D eigenvalue weighted by molar-refractivity contribution is 0.130. The smallest absolute Gasteiger partial charge is 0.0684 e. The van der Waals surface area contributed by atoms with Crippen LogP contribution in [0.3, 0.4) is 0 Å². The van der Waals surface area contributed by atoms with Crippen molar-refractivity contribution in [2.24, 2.45) is 5.41 Å². The zero-order chi connectivity index (χ0) is 13.9. The van der Waals surface area contributed by atoms with Gasteiger partial charge in [-0.25, -0.2) is 0 Å². The van der Waals surface area contributed by atoms with Gasteiger partial charge in [-0.15, -0.1) is 0 Å². The fourth-order valence-electron chi connectivity index (χ4n) is 3.57. The Morgan fingerprint density at radius 1 is 1.21 bits per heavy atom. The first-order valence-electron chi connectivity index (χ1n) is 7.95. The molecule has 2 fully saturated rings. The molecule has 108 valence electrons. The van der Waals surface area contributed by atoms with E-state index >= 15 is 0 Å². The van der Waals surface area contributed by atoms with Crippen molar-refractivity contribution in [2.75, 3.05) is 13.1 Å². The normalized spacial score (nSPS) is 30.6. The molecule has 0 saturated carbocycles. The molecule has 0 spiro atoms. The molecule has 2 atom stereocenters. The van der Waals surface area contributed by atoms with Crippen molar-refractivity contribution in [3.05, 3.63) is 0 Å². The van der Waals surface area contributed by atoms with Crippen LogP contribution in [0.2, 0.25) is 0 Å². The van der Waals surface area contributed by atoms with Crippen molar-refractivity contribution >= 4 is 0 Å². The second-order valence-electron chi connectivity index (χ2n) is 7.04. The van der Waals surface area contributed by atoms with Gasteiger partial charge < -0.3 is 10.2 Å². The minimum atomic E-state index is -0.183. The summed E-state index contributed by atoms with van der Waals surface area (Å²) in [5, 5.41) is 12.9. The van der Waals surface area contributed by atoms with E-state index in [9.17, 15) is 0 Å². The van der Waals surface area contributed by atoms with Gasteiger partial charge in [0.15, 0.2) is 0 Å². The Morgan fingerprint density at radius 2 is 1.84 bits per heavy atom. The first-order valence-corrected chi connectivity index (χ1v) is 7.95. The summed E-state index contributed by atoms with van der Waals surface area (Å²) in [5.41, 5.74) is -0.183. The lowest BCUT2D eigenvalue weighted by Crippen LogP contribution is -2.49. The zero-order valence-corrected chi connectivity index (χ0v) is 12.8. The van der Waals surface area contributed by atoms with E-state index in [2.05, 4.69) is 37.1 Å². The molecule has 2 unspecified atom stereocenters. The van der Waals surface area contributed by atoms with Crippen LogP contribution >= 0.6 is 0 Å². The maximum absolute atomic E-state index is 9.16. The van der Waals surface area contributed by atoms with Gasteiger partial charge >= 0.3 is 0 Å². The zero-order valence-electron chi connectivity index (χ0n) is 12.8. The summed E-state index contributed by atoms with van der Waals surface area (Å²) in [4.78, 5) is 2.66. The molecule has 0 aromatic rings. The standard InChI is InChI=1S/C16H29N3/c1-4-8-19(9-7-16(2,3)12-17)15-10-13-5-6-14(11-15)18-13/h13-15,18H,4-11H2,1-3H3. The first-order chi connectivity index (χ1) is 9.04. The van der Waals surface area contributed by atoms with Crippen LogP contribution in [0.5, 0.6) is 0 Å². The summed E-state index contributed by atoms with van der Waals surface area (Å²) in [6, 6.07) is 4.69. The van der Waals surface area contributed by atoms with Crippen LogP contribution in [0.1, 0.15) is 59.3 Å². The Bertz CT molecular complexity index is 319. The number of fused-ring (bicyclic) bond motifs is 2. The second kappa shape index (κ2) is 6.24. The molecular weight excluding hydrogens is 234 g/mol. The SMILES string of the molecule is CCCN(CCC(C)(C)C#N)C1CC2CCC(C1)N2. The van der Waals surface area contributed by atoms with Crippen LogP contribution in [0.4, 0.5) is 0 Å². The molecule has 0 aromatic heterocycles. The topological polar surface area (TPSA) is 39.1 Å². The molecule has 3 heteroatoms. The maximum Gasteiger partial charge on any atom is 0.0684 e. The molecule has 2 heterocycles. The summed E-state index contributed by atoms with van der Waals surface area (Å²) in [6.45, 7) is 8.65. The Kier molecular flexibility index (Phi) is 4.86. The summed E-state index contributed by atoms with van der Waals surface area (Å²) in [7, 11) is 0. The monoisotopic (exact) mass is 263 g/mol. The average molecular weight is 263 g/mol. The molecule has 0 amide bonds. The Morgan fingerprint density at radius 3 is 2.37 bits per heavy atom. The van der Waals surface area contributed by atoms with Crippen molar-refractivity contribution in [2.45, 2.75) is 77.4 Å². The quantitative estimate of drug-likeness (QED) is 0.801. The van der Waals surface area contributed by atoms with Crippen LogP contribution < -0.4 is 5.32 Å². The van der Waals surface area contributed by atoms with Crippen LogP contribution in [0.15, 0.2) is 0 Å². The molecule has 2 rings (SSSR count). The Labute approximate surface area is 118 Å². The van der Waals surface area contributed by atoms with E-state index in [1.54, 1.807) is 0 Å². The van der Waals surface area contributed by atoms with E-state index < -0.39 is 0 Å². The largest absolute Gasteiger partial charge is 0.311 e. The highest BCUT2D eigenvalue weighted by Gasteiger charge is 2.36. The van der Waals surface area contributed by atoms with Gasteiger partial charge in [-0.2, -0.15) is 5.26 Å². The van der Waals surface area contributed by atoms with Gasteiger partial charge in [0, 0.05) is 18.1 Å². The average Bonchev–Trinajstić information content (AvgIpc) is 2.73. The fourth-order valence-corrected chi connectivity index (χ4v) is 3.57. The van der Waals surface area contributed by atoms with Crippen LogP contribution in [0, 0.1) is 16.7 Å². The number of hydrogen-bond donors (Lipinski definition) is 1. The minimum absolute atomic E-state index is 0.183. The first kappa shape index (κ1) is 14.8. The molecule has 0 radical (unpaired) electrons. The van der Waals surface area contributed by atoms with Crippen LogP contribution in [-0.4, -0.2) is 36.1 Å². The molecule has 1 N–H and O–H groups in total. The fraction of sp³-hybridized carbons (Fsp3) is 0.938. The lowest BCUT2D eigenvalue weighted by Gasteiger charge is -2.38. The van der Waals surface area contributed by atoms with Crippen molar-refractivity contribution in [1.82, 2.24) is 10.2 Å². The minimum Gasteiger partial charge on any atom is -0.311 e. The van der Waals surface area contributed by atoms with Gasteiger partial charge in [-0.1, -0.05) is 6.92 Å².